The van der Waals surface area contributed by atoms with Crippen LogP contribution >= 0.6 is 11.8 Å². The average molecular weight is 394 g/mol. The number of thioether (sulfide) groups is 1. The van der Waals surface area contributed by atoms with Gasteiger partial charge in [-0.05, 0) is 54.2 Å². The van der Waals surface area contributed by atoms with E-state index in [1.165, 1.54) is 17.0 Å². The number of nitrogens with zero attached hydrogens (tertiary/aromatic N) is 1. The molecule has 0 aromatic heterocycles. The third-order valence-corrected chi connectivity index (χ3v) is 7.23. The van der Waals surface area contributed by atoms with Crippen molar-refractivity contribution in [2.24, 2.45) is 17.8 Å². The minimum Gasteiger partial charge on any atom is -0.442 e. The molecule has 27 heavy (non-hydrogen) atoms. The van der Waals surface area contributed by atoms with Crippen molar-refractivity contribution < 1.29 is 23.1 Å². The lowest BCUT2D eigenvalue weighted by Gasteiger charge is -2.16. The largest absolute Gasteiger partial charge is 0.442 e. The first-order valence-electron chi connectivity index (χ1n) is 9.35. The molecule has 144 valence electrons. The van der Waals surface area contributed by atoms with Crippen molar-refractivity contribution in [3.8, 4) is 0 Å². The Morgan fingerprint density at radius 1 is 1.22 bits per heavy atom. The Morgan fingerprint density at radius 3 is 2.52 bits per heavy atom. The summed E-state index contributed by atoms with van der Waals surface area (Å²) >= 11 is 1.83. The molecule has 1 aromatic rings. The molecule has 2 saturated carbocycles. The van der Waals surface area contributed by atoms with Gasteiger partial charge in [-0.2, -0.15) is 11.8 Å². The summed E-state index contributed by atoms with van der Waals surface area (Å²) in [7, 11) is 0. The number of benzene rings is 1. The molecule has 1 N–H and O–H groups in total. The smallest absolute Gasteiger partial charge is 0.414 e. The number of fused-ring (bicyclic) bond motifs is 1. The second kappa shape index (κ2) is 6.36. The topological polar surface area (TPSA) is 58.6 Å². The minimum absolute atomic E-state index is 0.0286. The fourth-order valence-electron chi connectivity index (χ4n) is 4.26. The van der Waals surface area contributed by atoms with Crippen molar-refractivity contribution in [3.05, 3.63) is 29.3 Å². The molecule has 4 atom stereocenters. The van der Waals surface area contributed by atoms with Crippen molar-refractivity contribution in [3.63, 3.8) is 0 Å². The summed E-state index contributed by atoms with van der Waals surface area (Å²) in [5.41, 5.74) is 0.324. The van der Waals surface area contributed by atoms with Crippen molar-refractivity contribution in [1.82, 2.24) is 5.32 Å². The summed E-state index contributed by atoms with van der Waals surface area (Å²) in [5.74, 6) is 1.51. The number of nitrogens with one attached hydrogen (secondary N) is 1. The molecule has 5 rings (SSSR count). The zero-order valence-electron chi connectivity index (χ0n) is 14.6. The predicted molar refractivity (Wildman–Crippen MR) is 96.8 cm³/mol. The van der Waals surface area contributed by atoms with E-state index in [2.05, 4.69) is 5.32 Å². The van der Waals surface area contributed by atoms with E-state index in [4.69, 9.17) is 4.74 Å². The van der Waals surface area contributed by atoms with E-state index >= 15 is 0 Å². The van der Waals surface area contributed by atoms with Crippen LogP contribution in [0.1, 0.15) is 24.3 Å². The van der Waals surface area contributed by atoms with Gasteiger partial charge < -0.3 is 10.1 Å². The maximum atomic E-state index is 14.7. The molecule has 8 heteroatoms. The first-order valence-corrected chi connectivity index (χ1v) is 10.5. The highest BCUT2D eigenvalue weighted by Crippen LogP contribution is 2.62. The second-order valence-corrected chi connectivity index (χ2v) is 8.92. The summed E-state index contributed by atoms with van der Waals surface area (Å²) in [6.07, 6.45) is 0.626. The highest BCUT2D eigenvalue weighted by atomic mass is 32.2. The predicted octanol–water partition coefficient (Wildman–Crippen LogP) is 2.89. The lowest BCUT2D eigenvalue weighted by Crippen LogP contribution is -2.35. The Kier molecular flexibility index (Phi) is 4.07. The summed E-state index contributed by atoms with van der Waals surface area (Å²) in [5, 5.41) is 2.76. The molecule has 4 aliphatic rings. The zero-order chi connectivity index (χ0) is 18.7. The molecule has 2 amide bonds. The number of anilines is 1. The molecule has 0 spiro atoms. The van der Waals surface area contributed by atoms with Crippen LogP contribution in [0.4, 0.5) is 19.3 Å². The van der Waals surface area contributed by atoms with Crippen LogP contribution < -0.4 is 10.2 Å². The molecule has 2 heterocycles. The van der Waals surface area contributed by atoms with Gasteiger partial charge in [0.2, 0.25) is 5.91 Å². The van der Waals surface area contributed by atoms with Crippen LogP contribution in [0.3, 0.4) is 0 Å². The molecule has 2 aliphatic carbocycles. The lowest BCUT2D eigenvalue weighted by molar-refractivity contribution is -0.122. The molecule has 1 aromatic carbocycles. The van der Waals surface area contributed by atoms with Crippen LogP contribution in [-0.2, 0) is 9.53 Å². The fraction of sp³-hybridized carbons (Fsp3) is 0.579. The van der Waals surface area contributed by atoms with Gasteiger partial charge in [-0.1, -0.05) is 0 Å². The summed E-state index contributed by atoms with van der Waals surface area (Å²) < 4.78 is 34.5. The quantitative estimate of drug-likeness (QED) is 0.834. The second-order valence-electron chi connectivity index (χ2n) is 7.85. The molecule has 2 aliphatic heterocycles. The molecule has 1 unspecified atom stereocenters. The standard InChI is InChI=1S/C19H20F2N2O3S/c20-14-3-10(4-15(21)17(14)16-12-7-27-8-13(12)16)23-6-11(26-19(23)25)5-22-18(24)9-1-2-9/h3-4,9,11-13,16H,1-2,5-8H2,(H,22,24)/t11-,12-,13+,16?/m0/s1. The Morgan fingerprint density at radius 2 is 1.89 bits per heavy atom. The summed E-state index contributed by atoms with van der Waals surface area (Å²) in [6, 6.07) is 2.46. The number of cyclic esters (lactones) is 1. The maximum Gasteiger partial charge on any atom is 0.414 e. The molecular weight excluding hydrogens is 374 g/mol. The van der Waals surface area contributed by atoms with Crippen LogP contribution in [0.25, 0.3) is 0 Å². The van der Waals surface area contributed by atoms with E-state index in [-0.39, 0.29) is 42.1 Å². The Labute approximate surface area is 159 Å². The third kappa shape index (κ3) is 3.07. The van der Waals surface area contributed by atoms with Crippen LogP contribution in [0.15, 0.2) is 12.1 Å². The SMILES string of the molecule is O=C(NC[C@H]1CN(c2cc(F)c(C3[C@H]4CSC[C@@H]34)c(F)c2)C(=O)O1)C1CC1. The number of halogens is 2. The number of carbonyl (C=O) groups is 2. The Hall–Kier alpha value is -1.83. The third-order valence-electron chi connectivity index (χ3n) is 5.99. The number of rotatable bonds is 5. The highest BCUT2D eigenvalue weighted by molar-refractivity contribution is 7.99. The van der Waals surface area contributed by atoms with E-state index < -0.39 is 23.8 Å². The van der Waals surface area contributed by atoms with Gasteiger partial charge in [-0.25, -0.2) is 13.6 Å². The van der Waals surface area contributed by atoms with Crippen LogP contribution in [0.5, 0.6) is 0 Å². The number of carbonyl (C=O) groups excluding carboxylic acids is 2. The fourth-order valence-corrected chi connectivity index (χ4v) is 5.85. The monoisotopic (exact) mass is 394 g/mol. The first kappa shape index (κ1) is 17.3. The van der Waals surface area contributed by atoms with Crippen LogP contribution in [-0.4, -0.2) is 42.7 Å². The van der Waals surface area contributed by atoms with Crippen molar-refractivity contribution in [2.75, 3.05) is 29.5 Å². The van der Waals surface area contributed by atoms with Gasteiger partial charge in [0.05, 0.1) is 18.8 Å². The lowest BCUT2D eigenvalue weighted by atomic mass is 10.1. The summed E-state index contributed by atoms with van der Waals surface area (Å²) in [4.78, 5) is 25.1. The molecule has 0 bridgehead atoms. The van der Waals surface area contributed by atoms with Gasteiger partial charge in [0, 0.05) is 11.5 Å². The normalized spacial score (nSPS) is 31.6. The number of hydrogen-bond donors (Lipinski definition) is 1. The molecule has 5 nitrogen and oxygen atoms in total. The van der Waals surface area contributed by atoms with Crippen molar-refractivity contribution in [1.29, 1.82) is 0 Å². The van der Waals surface area contributed by atoms with E-state index in [0.29, 0.717) is 11.8 Å². The van der Waals surface area contributed by atoms with E-state index in [9.17, 15) is 18.4 Å². The van der Waals surface area contributed by atoms with Crippen molar-refractivity contribution in [2.45, 2.75) is 24.9 Å². The van der Waals surface area contributed by atoms with Gasteiger partial charge in [-0.3, -0.25) is 9.69 Å². The maximum absolute atomic E-state index is 14.7. The number of ether oxygens (including phenoxy) is 1. The van der Waals surface area contributed by atoms with Gasteiger partial charge in [0.1, 0.15) is 17.7 Å². The van der Waals surface area contributed by atoms with Gasteiger partial charge >= 0.3 is 6.09 Å². The van der Waals surface area contributed by atoms with Crippen molar-refractivity contribution >= 4 is 29.4 Å². The minimum atomic E-state index is -0.646. The molecule has 4 fully saturated rings. The molecule has 0 radical (unpaired) electrons. The van der Waals surface area contributed by atoms with Gasteiger partial charge in [0.15, 0.2) is 0 Å². The molecular formula is C19H20F2N2O3S. The van der Waals surface area contributed by atoms with Crippen LogP contribution in [0.2, 0.25) is 0 Å². The van der Waals surface area contributed by atoms with E-state index in [1.807, 2.05) is 11.8 Å². The average Bonchev–Trinajstić information content (AvgIpc) is 3.50. The molecule has 2 saturated heterocycles. The first-order chi connectivity index (χ1) is 13.0. The van der Waals surface area contributed by atoms with E-state index in [1.54, 1.807) is 0 Å². The van der Waals surface area contributed by atoms with Gasteiger partial charge in [-0.15, -0.1) is 0 Å². The van der Waals surface area contributed by atoms with E-state index in [0.717, 1.165) is 24.3 Å². The number of amides is 2. The number of hydrogen-bond acceptors (Lipinski definition) is 4. The Balaban J connectivity index is 1.28. The van der Waals surface area contributed by atoms with Crippen LogP contribution in [0, 0.1) is 29.4 Å². The zero-order valence-corrected chi connectivity index (χ0v) is 15.4. The summed E-state index contributed by atoms with van der Waals surface area (Å²) in [6.45, 7) is 0.372. The Bertz CT molecular complexity index is 783. The highest BCUT2D eigenvalue weighted by Gasteiger charge is 2.55. The van der Waals surface area contributed by atoms with Gasteiger partial charge in [0.25, 0.3) is 0 Å².